The van der Waals surface area contributed by atoms with Crippen molar-refractivity contribution < 1.29 is 14.3 Å². The molecule has 0 aliphatic carbocycles. The molecule has 27 heavy (non-hydrogen) atoms. The highest BCUT2D eigenvalue weighted by atomic mass is 35.5. The van der Waals surface area contributed by atoms with Crippen LogP contribution >= 0.6 is 23.2 Å². The van der Waals surface area contributed by atoms with Crippen molar-refractivity contribution in [3.05, 3.63) is 52.0 Å². The fourth-order valence-corrected chi connectivity index (χ4v) is 3.99. The molecule has 0 saturated carbocycles. The standard InChI is InChI=1S/C20H20Cl2N2O3/c21-15-4-3-13(17(22)8-15)10-24-7-1-2-14(11-24)20(25)23-16-5-6-18-19(9-16)27-12-26-18/h3-6,8-9,14H,1-2,7,10-12H2,(H,23,25). The Morgan fingerprint density at radius 3 is 2.85 bits per heavy atom. The van der Waals surface area contributed by atoms with Crippen molar-refractivity contribution in [1.82, 2.24) is 4.90 Å². The van der Waals surface area contributed by atoms with Crippen molar-refractivity contribution in [2.24, 2.45) is 5.92 Å². The number of piperidine rings is 1. The highest BCUT2D eigenvalue weighted by molar-refractivity contribution is 6.35. The molecule has 5 nitrogen and oxygen atoms in total. The van der Waals surface area contributed by atoms with Gasteiger partial charge in [0, 0.05) is 34.9 Å². The van der Waals surface area contributed by atoms with Gasteiger partial charge in [-0.3, -0.25) is 9.69 Å². The topological polar surface area (TPSA) is 50.8 Å². The van der Waals surface area contributed by atoms with E-state index in [9.17, 15) is 4.79 Å². The molecular weight excluding hydrogens is 387 g/mol. The van der Waals surface area contributed by atoms with Crippen LogP contribution in [0.2, 0.25) is 10.0 Å². The average Bonchev–Trinajstić information content (AvgIpc) is 3.12. The van der Waals surface area contributed by atoms with Crippen LogP contribution in [0.4, 0.5) is 5.69 Å². The number of nitrogens with one attached hydrogen (secondary N) is 1. The molecule has 2 aliphatic rings. The summed E-state index contributed by atoms with van der Waals surface area (Å²) < 4.78 is 10.7. The molecule has 0 radical (unpaired) electrons. The summed E-state index contributed by atoms with van der Waals surface area (Å²) in [6.45, 7) is 2.59. The molecule has 2 heterocycles. The molecule has 1 N–H and O–H groups in total. The Morgan fingerprint density at radius 2 is 2.00 bits per heavy atom. The SMILES string of the molecule is O=C(Nc1ccc2c(c1)OCO2)C1CCCN(Cc2ccc(Cl)cc2Cl)C1. The van der Waals surface area contributed by atoms with Gasteiger partial charge in [-0.15, -0.1) is 0 Å². The second-order valence-electron chi connectivity index (χ2n) is 6.87. The number of ether oxygens (including phenoxy) is 2. The molecule has 7 heteroatoms. The molecule has 2 aliphatic heterocycles. The van der Waals surface area contributed by atoms with E-state index in [1.165, 1.54) is 0 Å². The van der Waals surface area contributed by atoms with Crippen molar-refractivity contribution in [3.63, 3.8) is 0 Å². The number of amides is 1. The molecule has 1 fully saturated rings. The summed E-state index contributed by atoms with van der Waals surface area (Å²) in [7, 11) is 0. The van der Waals surface area contributed by atoms with E-state index in [1.54, 1.807) is 12.1 Å². The highest BCUT2D eigenvalue weighted by Crippen LogP contribution is 2.34. The van der Waals surface area contributed by atoms with Crippen LogP contribution in [0.15, 0.2) is 36.4 Å². The Morgan fingerprint density at radius 1 is 1.15 bits per heavy atom. The van der Waals surface area contributed by atoms with E-state index in [-0.39, 0.29) is 18.6 Å². The predicted octanol–water partition coefficient (Wildman–Crippen LogP) is 4.57. The first-order valence-electron chi connectivity index (χ1n) is 8.95. The molecule has 1 atom stereocenters. The lowest BCUT2D eigenvalue weighted by Gasteiger charge is -2.32. The third kappa shape index (κ3) is 4.32. The molecular formula is C20H20Cl2N2O3. The monoisotopic (exact) mass is 406 g/mol. The van der Waals surface area contributed by atoms with Gasteiger partial charge in [0.05, 0.1) is 5.92 Å². The van der Waals surface area contributed by atoms with Gasteiger partial charge in [0.25, 0.3) is 0 Å². The highest BCUT2D eigenvalue weighted by Gasteiger charge is 2.26. The Labute approximate surface area is 168 Å². The van der Waals surface area contributed by atoms with Crippen LogP contribution in [-0.4, -0.2) is 30.7 Å². The van der Waals surface area contributed by atoms with Gasteiger partial charge in [-0.1, -0.05) is 29.3 Å². The largest absolute Gasteiger partial charge is 0.454 e. The Hall–Kier alpha value is -1.95. The van der Waals surface area contributed by atoms with Crippen LogP contribution in [0.25, 0.3) is 0 Å². The first kappa shape index (κ1) is 18.4. The van der Waals surface area contributed by atoms with E-state index in [0.717, 1.165) is 30.6 Å². The first-order valence-corrected chi connectivity index (χ1v) is 9.71. The van der Waals surface area contributed by atoms with Crippen LogP contribution in [0, 0.1) is 5.92 Å². The molecule has 1 saturated heterocycles. The number of likely N-dealkylation sites (tertiary alicyclic amines) is 1. The zero-order chi connectivity index (χ0) is 18.8. The lowest BCUT2D eigenvalue weighted by molar-refractivity contribution is -0.121. The fourth-order valence-electron chi connectivity index (χ4n) is 3.52. The van der Waals surface area contributed by atoms with Crippen LogP contribution in [0.5, 0.6) is 11.5 Å². The molecule has 2 aromatic rings. The maximum Gasteiger partial charge on any atom is 0.231 e. The molecule has 1 unspecified atom stereocenters. The second kappa shape index (κ2) is 7.97. The quantitative estimate of drug-likeness (QED) is 0.807. The van der Waals surface area contributed by atoms with Crippen molar-refractivity contribution in [2.75, 3.05) is 25.2 Å². The number of anilines is 1. The number of hydrogen-bond acceptors (Lipinski definition) is 4. The minimum atomic E-state index is -0.0600. The normalized spacial score (nSPS) is 19.1. The summed E-state index contributed by atoms with van der Waals surface area (Å²) in [6, 6.07) is 11.0. The van der Waals surface area contributed by atoms with Gasteiger partial charge in [0.2, 0.25) is 12.7 Å². The van der Waals surface area contributed by atoms with E-state index < -0.39 is 0 Å². The smallest absolute Gasteiger partial charge is 0.231 e. The summed E-state index contributed by atoms with van der Waals surface area (Å²) in [5.41, 5.74) is 1.75. The van der Waals surface area contributed by atoms with Gasteiger partial charge in [-0.2, -0.15) is 0 Å². The maximum atomic E-state index is 12.7. The zero-order valence-corrected chi connectivity index (χ0v) is 16.2. The Kier molecular flexibility index (Phi) is 5.43. The van der Waals surface area contributed by atoms with Gasteiger partial charge >= 0.3 is 0 Å². The fraction of sp³-hybridized carbons (Fsp3) is 0.350. The van der Waals surface area contributed by atoms with Gasteiger partial charge in [-0.05, 0) is 49.2 Å². The summed E-state index contributed by atoms with van der Waals surface area (Å²) in [4.78, 5) is 15.0. The minimum absolute atomic E-state index is 0.0285. The molecule has 0 bridgehead atoms. The number of nitrogens with zero attached hydrogens (tertiary/aromatic N) is 1. The van der Waals surface area contributed by atoms with Gasteiger partial charge < -0.3 is 14.8 Å². The number of fused-ring (bicyclic) bond motifs is 1. The van der Waals surface area contributed by atoms with E-state index in [1.807, 2.05) is 24.3 Å². The van der Waals surface area contributed by atoms with Gasteiger partial charge in [-0.25, -0.2) is 0 Å². The Bertz CT molecular complexity index is 859. The van der Waals surface area contributed by atoms with Crippen molar-refractivity contribution in [1.29, 1.82) is 0 Å². The summed E-state index contributed by atoms with van der Waals surface area (Å²) in [5, 5.41) is 4.29. The summed E-state index contributed by atoms with van der Waals surface area (Å²) in [5.74, 6) is 1.34. The first-order chi connectivity index (χ1) is 13.1. The van der Waals surface area contributed by atoms with Crippen LogP contribution < -0.4 is 14.8 Å². The molecule has 4 rings (SSSR count). The Balaban J connectivity index is 1.38. The zero-order valence-electron chi connectivity index (χ0n) is 14.7. The van der Waals surface area contributed by atoms with Gasteiger partial charge in [0.15, 0.2) is 11.5 Å². The van der Waals surface area contributed by atoms with Crippen LogP contribution in [0.1, 0.15) is 18.4 Å². The minimum Gasteiger partial charge on any atom is -0.454 e. The molecule has 142 valence electrons. The molecule has 1 amide bonds. The van der Waals surface area contributed by atoms with Crippen molar-refractivity contribution in [3.8, 4) is 11.5 Å². The average molecular weight is 407 g/mol. The number of rotatable bonds is 4. The van der Waals surface area contributed by atoms with Gasteiger partial charge in [0.1, 0.15) is 0 Å². The summed E-state index contributed by atoms with van der Waals surface area (Å²) in [6.07, 6.45) is 1.85. The maximum absolute atomic E-state index is 12.7. The van der Waals surface area contributed by atoms with E-state index in [2.05, 4.69) is 10.2 Å². The van der Waals surface area contributed by atoms with Crippen LogP contribution in [0.3, 0.4) is 0 Å². The lowest BCUT2D eigenvalue weighted by Crippen LogP contribution is -2.40. The van der Waals surface area contributed by atoms with Crippen molar-refractivity contribution >= 4 is 34.8 Å². The number of halogens is 2. The third-order valence-corrected chi connectivity index (χ3v) is 5.51. The predicted molar refractivity (Wildman–Crippen MR) is 106 cm³/mol. The van der Waals surface area contributed by atoms with E-state index in [0.29, 0.717) is 34.6 Å². The molecule has 0 spiro atoms. The van der Waals surface area contributed by atoms with E-state index in [4.69, 9.17) is 32.7 Å². The number of benzene rings is 2. The van der Waals surface area contributed by atoms with E-state index >= 15 is 0 Å². The lowest BCUT2D eigenvalue weighted by atomic mass is 9.96. The second-order valence-corrected chi connectivity index (χ2v) is 7.71. The van der Waals surface area contributed by atoms with Crippen molar-refractivity contribution in [2.45, 2.75) is 19.4 Å². The molecule has 0 aromatic heterocycles. The third-order valence-electron chi connectivity index (χ3n) is 4.93. The number of carbonyl (C=O) groups is 1. The number of hydrogen-bond donors (Lipinski definition) is 1. The van der Waals surface area contributed by atoms with Crippen LogP contribution in [-0.2, 0) is 11.3 Å². The number of carbonyl (C=O) groups excluding carboxylic acids is 1. The molecule has 2 aromatic carbocycles. The summed E-state index contributed by atoms with van der Waals surface area (Å²) >= 11 is 12.3.